The molecule has 21 heavy (non-hydrogen) atoms. The fourth-order valence-electron chi connectivity index (χ4n) is 3.02. The standard InChI is InChI=1S/C18H30O3/c1-5-6-15-8-11-18(17(19)20,10-7-14(2)3)16(13-15)9-12-21-4/h8,11,13-14,16H,5-7,9-10,12H2,1-4H3,(H,19,20). The highest BCUT2D eigenvalue weighted by Gasteiger charge is 2.43. The molecular formula is C18H30O3. The molecule has 0 bridgehead atoms. The van der Waals surface area contributed by atoms with E-state index in [-0.39, 0.29) is 5.92 Å². The molecule has 3 nitrogen and oxygen atoms in total. The van der Waals surface area contributed by atoms with Crippen LogP contribution in [0.1, 0.15) is 52.9 Å². The van der Waals surface area contributed by atoms with E-state index in [4.69, 9.17) is 4.74 Å². The number of hydrogen-bond acceptors (Lipinski definition) is 2. The number of carboxylic acids is 1. The predicted molar refractivity (Wildman–Crippen MR) is 86.3 cm³/mol. The summed E-state index contributed by atoms with van der Waals surface area (Å²) in [7, 11) is 1.67. The molecule has 2 unspecified atom stereocenters. The summed E-state index contributed by atoms with van der Waals surface area (Å²) < 4.78 is 5.19. The smallest absolute Gasteiger partial charge is 0.314 e. The van der Waals surface area contributed by atoms with E-state index in [0.717, 1.165) is 25.7 Å². The number of aliphatic carboxylic acids is 1. The number of ether oxygens (including phenoxy) is 1. The van der Waals surface area contributed by atoms with E-state index in [1.807, 2.05) is 12.2 Å². The van der Waals surface area contributed by atoms with Crippen molar-refractivity contribution in [1.82, 2.24) is 0 Å². The van der Waals surface area contributed by atoms with E-state index in [9.17, 15) is 9.90 Å². The molecule has 0 spiro atoms. The van der Waals surface area contributed by atoms with Crippen LogP contribution in [0.5, 0.6) is 0 Å². The topological polar surface area (TPSA) is 46.5 Å². The molecular weight excluding hydrogens is 264 g/mol. The van der Waals surface area contributed by atoms with Crippen LogP contribution in [0, 0.1) is 17.3 Å². The van der Waals surface area contributed by atoms with Gasteiger partial charge in [0.15, 0.2) is 0 Å². The third kappa shape index (κ3) is 4.70. The fraction of sp³-hybridized carbons (Fsp3) is 0.722. The summed E-state index contributed by atoms with van der Waals surface area (Å²) in [6, 6.07) is 0. The van der Waals surface area contributed by atoms with E-state index in [2.05, 4.69) is 26.8 Å². The first-order valence-corrected chi connectivity index (χ1v) is 8.08. The summed E-state index contributed by atoms with van der Waals surface area (Å²) in [6.45, 7) is 7.04. The van der Waals surface area contributed by atoms with Gasteiger partial charge in [-0.1, -0.05) is 51.0 Å². The molecule has 0 radical (unpaired) electrons. The molecule has 0 heterocycles. The first-order chi connectivity index (χ1) is 9.96. The number of methoxy groups -OCH3 is 1. The minimum Gasteiger partial charge on any atom is -0.481 e. The van der Waals surface area contributed by atoms with Crippen LogP contribution in [0.25, 0.3) is 0 Å². The maximum atomic E-state index is 12.0. The van der Waals surface area contributed by atoms with Crippen molar-refractivity contribution in [3.63, 3.8) is 0 Å². The summed E-state index contributed by atoms with van der Waals surface area (Å²) in [5, 5.41) is 9.87. The number of carboxylic acid groups (broad SMARTS) is 1. The molecule has 0 saturated heterocycles. The van der Waals surface area contributed by atoms with E-state index >= 15 is 0 Å². The van der Waals surface area contributed by atoms with Gasteiger partial charge in [-0.3, -0.25) is 4.79 Å². The number of rotatable bonds is 9. The molecule has 1 aliphatic carbocycles. The van der Waals surface area contributed by atoms with Crippen LogP contribution in [0.15, 0.2) is 23.8 Å². The average Bonchev–Trinajstić information content (AvgIpc) is 2.44. The second-order valence-corrected chi connectivity index (χ2v) is 6.49. The maximum Gasteiger partial charge on any atom is 0.314 e. The quantitative estimate of drug-likeness (QED) is 0.683. The molecule has 0 fully saturated rings. The van der Waals surface area contributed by atoms with Gasteiger partial charge < -0.3 is 9.84 Å². The molecule has 3 heteroatoms. The SMILES string of the molecule is CCCC1=CC(CCOC)C(CCC(C)C)(C(=O)O)C=C1. The zero-order valence-corrected chi connectivity index (χ0v) is 13.9. The van der Waals surface area contributed by atoms with E-state index in [1.165, 1.54) is 5.57 Å². The van der Waals surface area contributed by atoms with Gasteiger partial charge in [0.25, 0.3) is 0 Å². The highest BCUT2D eigenvalue weighted by Crippen LogP contribution is 2.43. The van der Waals surface area contributed by atoms with Gasteiger partial charge in [-0.25, -0.2) is 0 Å². The molecule has 0 aromatic rings. The Morgan fingerprint density at radius 3 is 2.71 bits per heavy atom. The second kappa shape index (κ2) is 8.38. The van der Waals surface area contributed by atoms with Crippen LogP contribution in [-0.2, 0) is 9.53 Å². The Labute approximate surface area is 129 Å². The average molecular weight is 294 g/mol. The maximum absolute atomic E-state index is 12.0. The Bertz CT molecular complexity index is 395. The van der Waals surface area contributed by atoms with Crippen LogP contribution >= 0.6 is 0 Å². The van der Waals surface area contributed by atoms with Crippen molar-refractivity contribution in [3.05, 3.63) is 23.8 Å². The van der Waals surface area contributed by atoms with Crippen molar-refractivity contribution in [1.29, 1.82) is 0 Å². The summed E-state index contributed by atoms with van der Waals surface area (Å²) in [5.41, 5.74) is 0.500. The summed E-state index contributed by atoms with van der Waals surface area (Å²) in [6.07, 6.45) is 10.6. The number of carbonyl (C=O) groups is 1. The molecule has 1 N–H and O–H groups in total. The first kappa shape index (κ1) is 18.0. The van der Waals surface area contributed by atoms with Gasteiger partial charge in [0.2, 0.25) is 0 Å². The molecule has 1 rings (SSSR count). The highest BCUT2D eigenvalue weighted by atomic mass is 16.5. The molecule has 0 aliphatic heterocycles. The van der Waals surface area contributed by atoms with Crippen LogP contribution in [0.3, 0.4) is 0 Å². The summed E-state index contributed by atoms with van der Waals surface area (Å²) in [4.78, 5) is 12.0. The van der Waals surface area contributed by atoms with Crippen LogP contribution in [0.4, 0.5) is 0 Å². The third-order valence-corrected chi connectivity index (χ3v) is 4.38. The van der Waals surface area contributed by atoms with Crippen molar-refractivity contribution in [2.75, 3.05) is 13.7 Å². The molecule has 0 aromatic carbocycles. The summed E-state index contributed by atoms with van der Waals surface area (Å²) in [5.74, 6) is -0.161. The first-order valence-electron chi connectivity index (χ1n) is 8.08. The Morgan fingerprint density at radius 2 is 2.19 bits per heavy atom. The largest absolute Gasteiger partial charge is 0.481 e. The normalized spacial score (nSPS) is 25.2. The zero-order valence-electron chi connectivity index (χ0n) is 13.9. The van der Waals surface area contributed by atoms with Gasteiger partial charge in [0, 0.05) is 13.7 Å². The van der Waals surface area contributed by atoms with Gasteiger partial charge >= 0.3 is 5.97 Å². The molecule has 1 aliphatic rings. The van der Waals surface area contributed by atoms with Gasteiger partial charge in [-0.2, -0.15) is 0 Å². The Balaban J connectivity index is 3.01. The molecule has 2 atom stereocenters. The van der Waals surface area contributed by atoms with Gasteiger partial charge in [-0.15, -0.1) is 0 Å². The van der Waals surface area contributed by atoms with Crippen LogP contribution in [-0.4, -0.2) is 24.8 Å². The minimum atomic E-state index is -0.764. The van der Waals surface area contributed by atoms with Crippen molar-refractivity contribution < 1.29 is 14.6 Å². The molecule has 0 saturated carbocycles. The van der Waals surface area contributed by atoms with Crippen molar-refractivity contribution >= 4 is 5.97 Å². The van der Waals surface area contributed by atoms with E-state index < -0.39 is 11.4 Å². The molecule has 120 valence electrons. The van der Waals surface area contributed by atoms with Gasteiger partial charge in [-0.05, 0) is 37.5 Å². The predicted octanol–water partition coefficient (Wildman–Crippen LogP) is 4.44. The minimum absolute atomic E-state index is 0.0280. The fourth-order valence-corrected chi connectivity index (χ4v) is 3.02. The summed E-state index contributed by atoms with van der Waals surface area (Å²) >= 11 is 0. The van der Waals surface area contributed by atoms with Crippen molar-refractivity contribution in [3.8, 4) is 0 Å². The van der Waals surface area contributed by atoms with E-state index in [0.29, 0.717) is 18.9 Å². The Morgan fingerprint density at radius 1 is 1.48 bits per heavy atom. The third-order valence-electron chi connectivity index (χ3n) is 4.38. The molecule has 0 aromatic heterocycles. The monoisotopic (exact) mass is 294 g/mol. The lowest BCUT2D eigenvalue weighted by Gasteiger charge is -2.36. The Hall–Kier alpha value is -1.09. The van der Waals surface area contributed by atoms with Crippen molar-refractivity contribution in [2.24, 2.45) is 17.3 Å². The van der Waals surface area contributed by atoms with Crippen LogP contribution in [0.2, 0.25) is 0 Å². The van der Waals surface area contributed by atoms with Gasteiger partial charge in [0.05, 0.1) is 5.41 Å². The van der Waals surface area contributed by atoms with Crippen molar-refractivity contribution in [2.45, 2.75) is 52.9 Å². The number of hydrogen-bond donors (Lipinski definition) is 1. The van der Waals surface area contributed by atoms with E-state index in [1.54, 1.807) is 7.11 Å². The highest BCUT2D eigenvalue weighted by molar-refractivity contribution is 5.78. The lowest BCUT2D eigenvalue weighted by molar-refractivity contribution is -0.149. The van der Waals surface area contributed by atoms with Crippen LogP contribution < -0.4 is 0 Å². The lowest BCUT2D eigenvalue weighted by Crippen LogP contribution is -2.38. The zero-order chi connectivity index (χ0) is 15.9. The van der Waals surface area contributed by atoms with Gasteiger partial charge in [0.1, 0.15) is 0 Å². The Kier molecular flexibility index (Phi) is 7.16. The molecule has 0 amide bonds. The second-order valence-electron chi connectivity index (χ2n) is 6.49. The number of allylic oxidation sites excluding steroid dienone is 3. The lowest BCUT2D eigenvalue weighted by atomic mass is 9.66.